The Balaban J connectivity index is 1.42. The maximum atomic E-state index is 12.5. The van der Waals surface area contributed by atoms with Gasteiger partial charge in [-0.1, -0.05) is 18.2 Å². The minimum Gasteiger partial charge on any atom is -0.368 e. The first-order valence-corrected chi connectivity index (χ1v) is 10.3. The predicted octanol–water partition coefficient (Wildman–Crippen LogP) is 1.77. The van der Waals surface area contributed by atoms with Gasteiger partial charge in [-0.25, -0.2) is 4.98 Å². The molecule has 0 aliphatic carbocycles. The highest BCUT2D eigenvalue weighted by molar-refractivity contribution is 7.11. The summed E-state index contributed by atoms with van der Waals surface area (Å²) >= 11 is 1.68. The number of aromatic nitrogens is 1. The first-order chi connectivity index (χ1) is 13.6. The fourth-order valence-corrected chi connectivity index (χ4v) is 4.12. The van der Waals surface area contributed by atoms with E-state index < -0.39 is 0 Å². The number of nitrogens with one attached hydrogen (secondary N) is 2. The summed E-state index contributed by atoms with van der Waals surface area (Å²) < 4.78 is 0. The zero-order chi connectivity index (χ0) is 19.9. The van der Waals surface area contributed by atoms with Gasteiger partial charge < -0.3 is 20.4 Å². The number of carbonyl (C=O) groups is 1. The van der Waals surface area contributed by atoms with Crippen molar-refractivity contribution >= 4 is 28.9 Å². The van der Waals surface area contributed by atoms with E-state index in [4.69, 9.17) is 0 Å². The van der Waals surface area contributed by atoms with E-state index in [0.29, 0.717) is 12.5 Å². The number of rotatable bonds is 5. The Morgan fingerprint density at radius 2 is 1.86 bits per heavy atom. The Bertz CT molecular complexity index is 811. The van der Waals surface area contributed by atoms with Crippen LogP contribution in [0.1, 0.15) is 15.6 Å². The van der Waals surface area contributed by atoms with Gasteiger partial charge in [-0.3, -0.25) is 9.79 Å². The minimum atomic E-state index is 0.0977. The number of aliphatic imine (C=N–C) groups is 1. The fourth-order valence-electron chi connectivity index (χ4n) is 3.25. The first-order valence-electron chi connectivity index (χ1n) is 9.52. The van der Waals surface area contributed by atoms with E-state index in [1.54, 1.807) is 18.4 Å². The van der Waals surface area contributed by atoms with Crippen molar-refractivity contribution in [2.75, 3.05) is 44.7 Å². The van der Waals surface area contributed by atoms with E-state index in [9.17, 15) is 4.79 Å². The van der Waals surface area contributed by atoms with Crippen LogP contribution < -0.4 is 15.5 Å². The summed E-state index contributed by atoms with van der Waals surface area (Å²) in [6.07, 6.45) is 0. The fraction of sp³-hybridized carbons (Fsp3) is 0.450. The minimum absolute atomic E-state index is 0.0977. The number of para-hydroxylation sites is 1. The number of guanidine groups is 1. The van der Waals surface area contributed by atoms with Gasteiger partial charge >= 0.3 is 0 Å². The van der Waals surface area contributed by atoms with Crippen molar-refractivity contribution in [3.8, 4) is 0 Å². The van der Waals surface area contributed by atoms with Gasteiger partial charge in [0.1, 0.15) is 0 Å². The van der Waals surface area contributed by atoms with Crippen molar-refractivity contribution < 1.29 is 4.79 Å². The molecule has 1 amide bonds. The van der Waals surface area contributed by atoms with Crippen LogP contribution >= 0.6 is 11.3 Å². The lowest BCUT2D eigenvalue weighted by Gasteiger charge is -2.36. The SMILES string of the molecule is CN=C(NCC(=O)N1CCN(c2ccccc2)CC1)NCc1sc(C)nc1C. The molecule has 0 atom stereocenters. The van der Waals surface area contributed by atoms with Crippen molar-refractivity contribution in [2.45, 2.75) is 20.4 Å². The van der Waals surface area contributed by atoms with Crippen molar-refractivity contribution in [2.24, 2.45) is 4.99 Å². The molecule has 8 heteroatoms. The highest BCUT2D eigenvalue weighted by atomic mass is 32.1. The second-order valence-electron chi connectivity index (χ2n) is 6.72. The summed E-state index contributed by atoms with van der Waals surface area (Å²) in [5, 5.41) is 7.44. The maximum absolute atomic E-state index is 12.5. The van der Waals surface area contributed by atoms with Crippen LogP contribution in [0.5, 0.6) is 0 Å². The maximum Gasteiger partial charge on any atom is 0.242 e. The zero-order valence-electron chi connectivity index (χ0n) is 16.7. The molecular formula is C20H28N6OS. The number of aryl methyl sites for hydroxylation is 2. The zero-order valence-corrected chi connectivity index (χ0v) is 17.6. The summed E-state index contributed by atoms with van der Waals surface area (Å²) in [7, 11) is 1.71. The molecule has 1 aliphatic heterocycles. The molecule has 2 aromatic rings. The second-order valence-corrected chi connectivity index (χ2v) is 8.01. The molecule has 1 aromatic heterocycles. The van der Waals surface area contributed by atoms with E-state index in [2.05, 4.69) is 37.6 Å². The van der Waals surface area contributed by atoms with Crippen LogP contribution in [-0.4, -0.2) is 61.5 Å². The molecule has 0 bridgehead atoms. The number of hydrogen-bond acceptors (Lipinski definition) is 5. The smallest absolute Gasteiger partial charge is 0.242 e. The lowest BCUT2D eigenvalue weighted by molar-refractivity contribution is -0.130. The number of thiazole rings is 1. The molecule has 28 heavy (non-hydrogen) atoms. The number of nitrogens with zero attached hydrogens (tertiary/aromatic N) is 4. The molecule has 0 saturated carbocycles. The topological polar surface area (TPSA) is 72.9 Å². The van der Waals surface area contributed by atoms with Gasteiger partial charge in [0, 0.05) is 43.8 Å². The number of hydrogen-bond donors (Lipinski definition) is 2. The standard InChI is InChI=1S/C20H28N6OS/c1-15-18(28-16(2)24-15)13-22-20(21-3)23-14-19(27)26-11-9-25(10-12-26)17-7-5-4-6-8-17/h4-8H,9-14H2,1-3H3,(H2,21,22,23). The molecule has 2 N–H and O–H groups in total. The van der Waals surface area contributed by atoms with Crippen LogP contribution in [-0.2, 0) is 11.3 Å². The molecule has 1 aliphatic rings. The quantitative estimate of drug-likeness (QED) is 0.591. The third kappa shape index (κ3) is 5.22. The van der Waals surface area contributed by atoms with Crippen LogP contribution in [0.2, 0.25) is 0 Å². The number of carbonyl (C=O) groups excluding carboxylic acids is 1. The molecule has 2 heterocycles. The summed E-state index contributed by atoms with van der Waals surface area (Å²) in [4.78, 5) is 26.6. The summed E-state index contributed by atoms with van der Waals surface area (Å²) in [6, 6.07) is 10.3. The molecule has 3 rings (SSSR count). The second kappa shape index (κ2) is 9.54. The Kier molecular flexibility index (Phi) is 6.86. The lowest BCUT2D eigenvalue weighted by atomic mass is 10.2. The Labute approximate surface area is 170 Å². The van der Waals surface area contributed by atoms with Gasteiger partial charge in [-0.2, -0.15) is 0 Å². The van der Waals surface area contributed by atoms with Gasteiger partial charge in [0.05, 0.1) is 23.8 Å². The van der Waals surface area contributed by atoms with E-state index in [-0.39, 0.29) is 12.5 Å². The molecule has 1 aromatic carbocycles. The normalized spacial score (nSPS) is 14.9. The van der Waals surface area contributed by atoms with Crippen molar-refractivity contribution in [3.05, 3.63) is 45.9 Å². The molecule has 150 valence electrons. The van der Waals surface area contributed by atoms with Crippen LogP contribution in [0.3, 0.4) is 0 Å². The molecule has 0 spiro atoms. The lowest BCUT2D eigenvalue weighted by Crippen LogP contribution is -2.52. The van der Waals surface area contributed by atoms with Crippen LogP contribution in [0.4, 0.5) is 5.69 Å². The van der Waals surface area contributed by atoms with Crippen molar-refractivity contribution in [3.63, 3.8) is 0 Å². The molecule has 0 radical (unpaired) electrons. The number of amides is 1. The van der Waals surface area contributed by atoms with E-state index >= 15 is 0 Å². The highest BCUT2D eigenvalue weighted by Gasteiger charge is 2.21. The van der Waals surface area contributed by atoms with Crippen LogP contribution in [0.15, 0.2) is 35.3 Å². The van der Waals surface area contributed by atoms with Gasteiger partial charge in [-0.05, 0) is 26.0 Å². The van der Waals surface area contributed by atoms with Gasteiger partial charge in [0.2, 0.25) is 5.91 Å². The largest absolute Gasteiger partial charge is 0.368 e. The van der Waals surface area contributed by atoms with Gasteiger partial charge in [0.25, 0.3) is 0 Å². The highest BCUT2D eigenvalue weighted by Crippen LogP contribution is 2.17. The van der Waals surface area contributed by atoms with Crippen molar-refractivity contribution in [1.29, 1.82) is 0 Å². The van der Waals surface area contributed by atoms with Crippen LogP contribution in [0, 0.1) is 13.8 Å². The molecule has 7 nitrogen and oxygen atoms in total. The van der Waals surface area contributed by atoms with Crippen molar-refractivity contribution in [1.82, 2.24) is 20.5 Å². The number of anilines is 1. The third-order valence-electron chi connectivity index (χ3n) is 4.80. The number of piperazine rings is 1. The Morgan fingerprint density at radius 1 is 1.14 bits per heavy atom. The predicted molar refractivity (Wildman–Crippen MR) is 115 cm³/mol. The first kappa shape index (κ1) is 20.1. The summed E-state index contributed by atoms with van der Waals surface area (Å²) in [6.45, 7) is 8.09. The van der Waals surface area contributed by atoms with Gasteiger partial charge in [-0.15, -0.1) is 11.3 Å². The molecular weight excluding hydrogens is 372 g/mol. The average Bonchev–Trinajstić information content (AvgIpc) is 3.05. The average molecular weight is 401 g/mol. The molecule has 0 unspecified atom stereocenters. The Morgan fingerprint density at radius 3 is 2.46 bits per heavy atom. The Hall–Kier alpha value is -2.61. The molecule has 1 saturated heterocycles. The van der Waals surface area contributed by atoms with Gasteiger partial charge in [0.15, 0.2) is 5.96 Å². The monoisotopic (exact) mass is 400 g/mol. The molecule has 1 fully saturated rings. The van der Waals surface area contributed by atoms with Crippen LogP contribution in [0.25, 0.3) is 0 Å². The van der Waals surface area contributed by atoms with E-state index in [1.807, 2.05) is 36.9 Å². The summed E-state index contributed by atoms with van der Waals surface area (Å²) in [5.41, 5.74) is 2.25. The third-order valence-corrected chi connectivity index (χ3v) is 5.87. The number of benzene rings is 1. The summed E-state index contributed by atoms with van der Waals surface area (Å²) in [5.74, 6) is 0.724. The van der Waals surface area contributed by atoms with E-state index in [0.717, 1.165) is 36.9 Å². The van der Waals surface area contributed by atoms with E-state index in [1.165, 1.54) is 10.6 Å².